The number of aromatic nitrogens is 2. The molecule has 0 radical (unpaired) electrons. The van der Waals surface area contributed by atoms with Crippen molar-refractivity contribution < 1.29 is 19.1 Å². The number of benzene rings is 1. The van der Waals surface area contributed by atoms with Crippen molar-refractivity contribution in [1.82, 2.24) is 14.3 Å². The number of fused-ring (bicyclic) bond motifs is 1. The van der Waals surface area contributed by atoms with Crippen LogP contribution in [0.4, 0.5) is 15.9 Å². The van der Waals surface area contributed by atoms with E-state index in [0.717, 1.165) is 17.3 Å². The standard InChI is InChI=1S/C29H30FN5O4S2/c1-19-10-11-24-31-26(33-15-13-32(14-16-33)22-8-5-4-7-21(22)30)20(27(38)35(24)18-19)17-23-28(39)34(29(40)41-23)12-6-2-3-9-25(36)37/h4-5,7-8,10-11,17-18H,2-3,6,9,12-16H2,1H3,(H,36,37). The van der Waals surface area contributed by atoms with Crippen molar-refractivity contribution in [3.8, 4) is 0 Å². The first-order valence-electron chi connectivity index (χ1n) is 13.5. The van der Waals surface area contributed by atoms with Gasteiger partial charge in [-0.3, -0.25) is 23.7 Å². The van der Waals surface area contributed by atoms with E-state index in [-0.39, 0.29) is 23.7 Å². The Kier molecular flexibility index (Phi) is 8.69. The van der Waals surface area contributed by atoms with Gasteiger partial charge in [-0.2, -0.15) is 0 Å². The zero-order valence-corrected chi connectivity index (χ0v) is 24.2. The number of carboxylic acids is 1. The summed E-state index contributed by atoms with van der Waals surface area (Å²) in [6.45, 7) is 4.39. The van der Waals surface area contributed by atoms with E-state index in [1.165, 1.54) is 15.4 Å². The summed E-state index contributed by atoms with van der Waals surface area (Å²) in [4.78, 5) is 48.6. The van der Waals surface area contributed by atoms with Gasteiger partial charge in [0.25, 0.3) is 11.5 Å². The van der Waals surface area contributed by atoms with Crippen LogP contribution in [-0.2, 0) is 9.59 Å². The zero-order chi connectivity index (χ0) is 29.1. The summed E-state index contributed by atoms with van der Waals surface area (Å²) >= 11 is 6.62. The molecule has 0 atom stereocenters. The molecular formula is C29H30FN5O4S2. The maximum absolute atomic E-state index is 14.4. The number of aliphatic carboxylic acids is 1. The number of thiocarbonyl (C=S) groups is 1. The van der Waals surface area contributed by atoms with Gasteiger partial charge in [-0.15, -0.1) is 0 Å². The molecule has 4 heterocycles. The van der Waals surface area contributed by atoms with E-state index in [2.05, 4.69) is 0 Å². The monoisotopic (exact) mass is 595 g/mol. The minimum atomic E-state index is -0.839. The van der Waals surface area contributed by atoms with Crippen LogP contribution in [-0.4, -0.2) is 68.3 Å². The van der Waals surface area contributed by atoms with Gasteiger partial charge in [0.1, 0.15) is 21.6 Å². The SMILES string of the molecule is Cc1ccc2nc(N3CCN(c4ccccc4F)CC3)c(C=C3SC(=S)N(CCCCCC(=O)O)C3=O)c(=O)n2c1. The van der Waals surface area contributed by atoms with E-state index in [1.54, 1.807) is 30.5 Å². The van der Waals surface area contributed by atoms with Crippen LogP contribution in [0.2, 0.25) is 0 Å². The van der Waals surface area contributed by atoms with Gasteiger partial charge in [-0.25, -0.2) is 9.37 Å². The van der Waals surface area contributed by atoms with Gasteiger partial charge in [0.05, 0.1) is 16.2 Å². The van der Waals surface area contributed by atoms with E-state index in [1.807, 2.05) is 28.9 Å². The van der Waals surface area contributed by atoms with Crippen molar-refractivity contribution in [2.45, 2.75) is 32.6 Å². The van der Waals surface area contributed by atoms with E-state index >= 15 is 0 Å². The average Bonchev–Trinajstić information content (AvgIpc) is 3.22. The molecule has 2 saturated heterocycles. The number of hydrogen-bond donors (Lipinski definition) is 1. The summed E-state index contributed by atoms with van der Waals surface area (Å²) in [6.07, 6.45) is 5.24. The summed E-state index contributed by atoms with van der Waals surface area (Å²) in [5, 5.41) is 8.83. The molecule has 0 unspecified atom stereocenters. The maximum atomic E-state index is 14.4. The van der Waals surface area contributed by atoms with E-state index < -0.39 is 5.97 Å². The smallest absolute Gasteiger partial charge is 0.303 e. The second-order valence-corrected chi connectivity index (χ2v) is 11.7. The number of rotatable bonds is 9. The molecule has 1 amide bonds. The van der Waals surface area contributed by atoms with Gasteiger partial charge in [-0.05, 0) is 49.6 Å². The molecule has 5 rings (SSSR count). The molecule has 12 heteroatoms. The third kappa shape index (κ3) is 6.28. The van der Waals surface area contributed by atoms with E-state index in [9.17, 15) is 18.8 Å². The number of piperazine rings is 1. The number of carbonyl (C=O) groups is 2. The number of pyridine rings is 1. The van der Waals surface area contributed by atoms with Crippen molar-refractivity contribution in [3.05, 3.63) is 74.8 Å². The Morgan fingerprint density at radius 2 is 1.80 bits per heavy atom. The number of para-hydroxylation sites is 1. The lowest BCUT2D eigenvalue weighted by molar-refractivity contribution is -0.137. The molecule has 1 aromatic carbocycles. The number of aryl methyl sites for hydroxylation is 1. The van der Waals surface area contributed by atoms with Gasteiger partial charge in [-0.1, -0.05) is 48.6 Å². The molecule has 0 spiro atoms. The van der Waals surface area contributed by atoms with Crippen LogP contribution in [0.3, 0.4) is 0 Å². The topological polar surface area (TPSA) is 98.5 Å². The molecule has 2 fully saturated rings. The number of carboxylic acid groups (broad SMARTS) is 1. The third-order valence-corrected chi connectivity index (χ3v) is 8.56. The average molecular weight is 596 g/mol. The fourth-order valence-corrected chi connectivity index (χ4v) is 6.32. The van der Waals surface area contributed by atoms with Crippen molar-refractivity contribution >= 4 is 63.4 Å². The Hall–Kier alpha value is -3.77. The number of amides is 1. The van der Waals surface area contributed by atoms with Gasteiger partial charge in [0.15, 0.2) is 0 Å². The normalized spacial score (nSPS) is 16.8. The largest absolute Gasteiger partial charge is 0.481 e. The van der Waals surface area contributed by atoms with Crippen molar-refractivity contribution in [2.24, 2.45) is 0 Å². The molecule has 0 bridgehead atoms. The van der Waals surface area contributed by atoms with Gasteiger partial charge >= 0.3 is 5.97 Å². The zero-order valence-electron chi connectivity index (χ0n) is 22.6. The highest BCUT2D eigenvalue weighted by atomic mass is 32.2. The molecule has 214 valence electrons. The van der Waals surface area contributed by atoms with Crippen LogP contribution in [0.25, 0.3) is 11.7 Å². The number of anilines is 2. The number of thioether (sulfide) groups is 1. The minimum absolute atomic E-state index is 0.0913. The number of carbonyl (C=O) groups excluding carboxylic acids is 1. The molecule has 41 heavy (non-hydrogen) atoms. The van der Waals surface area contributed by atoms with Crippen molar-refractivity contribution in [2.75, 3.05) is 42.5 Å². The molecule has 1 N–H and O–H groups in total. The predicted molar refractivity (Wildman–Crippen MR) is 163 cm³/mol. The van der Waals surface area contributed by atoms with Gasteiger partial charge in [0, 0.05) is 45.3 Å². The Balaban J connectivity index is 1.42. The molecular weight excluding hydrogens is 565 g/mol. The van der Waals surface area contributed by atoms with Crippen LogP contribution < -0.4 is 15.4 Å². The fourth-order valence-electron chi connectivity index (χ4n) is 5.03. The van der Waals surface area contributed by atoms with Crippen molar-refractivity contribution in [3.63, 3.8) is 0 Å². The van der Waals surface area contributed by atoms with Crippen LogP contribution in [0.5, 0.6) is 0 Å². The summed E-state index contributed by atoms with van der Waals surface area (Å²) in [7, 11) is 0. The predicted octanol–water partition coefficient (Wildman–Crippen LogP) is 4.31. The lowest BCUT2D eigenvalue weighted by Crippen LogP contribution is -2.47. The van der Waals surface area contributed by atoms with Crippen LogP contribution in [0.15, 0.2) is 52.3 Å². The van der Waals surface area contributed by atoms with Gasteiger partial charge in [0.2, 0.25) is 0 Å². The first-order valence-corrected chi connectivity index (χ1v) is 14.7. The number of unbranched alkanes of at least 4 members (excludes halogenated alkanes) is 2. The quantitative estimate of drug-likeness (QED) is 0.220. The Bertz CT molecular complexity index is 1600. The molecule has 0 saturated carbocycles. The molecule has 2 aromatic heterocycles. The van der Waals surface area contributed by atoms with E-state index in [4.69, 9.17) is 22.3 Å². The Labute approximate surface area is 246 Å². The fraction of sp³-hybridized carbons (Fsp3) is 0.345. The second-order valence-electron chi connectivity index (χ2n) is 10.1. The Morgan fingerprint density at radius 3 is 2.54 bits per heavy atom. The number of nitrogens with zero attached hydrogens (tertiary/aromatic N) is 5. The molecule has 3 aromatic rings. The first-order chi connectivity index (χ1) is 19.7. The molecule has 9 nitrogen and oxygen atoms in total. The van der Waals surface area contributed by atoms with E-state index in [0.29, 0.717) is 83.9 Å². The second kappa shape index (κ2) is 12.4. The summed E-state index contributed by atoms with van der Waals surface area (Å²) < 4.78 is 16.3. The number of halogens is 1. The molecule has 2 aliphatic heterocycles. The maximum Gasteiger partial charge on any atom is 0.303 e. The van der Waals surface area contributed by atoms with Crippen molar-refractivity contribution in [1.29, 1.82) is 0 Å². The summed E-state index contributed by atoms with van der Waals surface area (Å²) in [5.74, 6) is -0.912. The molecule has 2 aliphatic rings. The minimum Gasteiger partial charge on any atom is -0.481 e. The lowest BCUT2D eigenvalue weighted by atomic mass is 10.2. The third-order valence-electron chi connectivity index (χ3n) is 7.18. The first kappa shape index (κ1) is 28.7. The summed E-state index contributed by atoms with van der Waals surface area (Å²) in [5.41, 5.74) is 1.95. The summed E-state index contributed by atoms with van der Waals surface area (Å²) in [6, 6.07) is 10.4. The lowest BCUT2D eigenvalue weighted by Gasteiger charge is -2.37. The van der Waals surface area contributed by atoms with Crippen LogP contribution in [0, 0.1) is 12.7 Å². The highest BCUT2D eigenvalue weighted by molar-refractivity contribution is 8.26. The Morgan fingerprint density at radius 1 is 1.07 bits per heavy atom. The molecule has 0 aliphatic carbocycles. The van der Waals surface area contributed by atoms with Crippen LogP contribution >= 0.6 is 24.0 Å². The van der Waals surface area contributed by atoms with Gasteiger partial charge < -0.3 is 14.9 Å². The van der Waals surface area contributed by atoms with Crippen LogP contribution in [0.1, 0.15) is 36.8 Å². The highest BCUT2D eigenvalue weighted by Gasteiger charge is 2.33. The highest BCUT2D eigenvalue weighted by Crippen LogP contribution is 2.34. The number of hydrogen-bond acceptors (Lipinski definition) is 8.